The van der Waals surface area contributed by atoms with E-state index < -0.39 is 0 Å². The van der Waals surface area contributed by atoms with Crippen LogP contribution in [-0.4, -0.2) is 38.7 Å². The molecule has 0 radical (unpaired) electrons. The van der Waals surface area contributed by atoms with E-state index in [4.69, 9.17) is 29.4 Å². The van der Waals surface area contributed by atoms with E-state index in [0.717, 1.165) is 65.4 Å². The number of thiazole rings is 2. The highest BCUT2D eigenvalue weighted by atomic mass is 32.1. The molecule has 0 bridgehead atoms. The van der Waals surface area contributed by atoms with Crippen LogP contribution in [0.3, 0.4) is 0 Å². The zero-order valence-corrected chi connectivity index (χ0v) is 44.4. The van der Waals surface area contributed by atoms with Crippen LogP contribution in [-0.2, 0) is 0 Å². The maximum atomic E-state index is 11.5. The fourth-order valence-corrected chi connectivity index (χ4v) is 9.71. The van der Waals surface area contributed by atoms with Crippen LogP contribution in [0.25, 0.3) is 65.6 Å². The van der Waals surface area contributed by atoms with Crippen LogP contribution >= 0.6 is 34.9 Å². The quantitative estimate of drug-likeness (QED) is 0.0288. The summed E-state index contributed by atoms with van der Waals surface area (Å²) in [6.07, 6.45) is 0.856. The van der Waals surface area contributed by atoms with Gasteiger partial charge in [-0.3, -0.25) is 9.59 Å². The molecule has 0 aliphatic heterocycles. The number of aryl methyl sites for hydroxylation is 2. The van der Waals surface area contributed by atoms with Crippen molar-refractivity contribution >= 4 is 63.6 Å². The number of hydrogen-bond acceptors (Lipinski definition) is 9. The molecule has 0 aliphatic carbocycles. The van der Waals surface area contributed by atoms with Gasteiger partial charge in [-0.2, -0.15) is 5.10 Å². The lowest BCUT2D eigenvalue weighted by Crippen LogP contribution is -2.22. The predicted octanol–water partition coefficient (Wildman–Crippen LogP) is 14.9. The number of aromatic nitrogens is 2. The zero-order valence-electron chi connectivity index (χ0n) is 41.9. The normalized spacial score (nSPS) is 10.5. The van der Waals surface area contributed by atoms with Crippen LogP contribution in [0, 0.1) is 13.8 Å². The van der Waals surface area contributed by atoms with E-state index in [1.54, 1.807) is 18.3 Å². The first-order valence-corrected chi connectivity index (χ1v) is 25.9. The second-order valence-corrected chi connectivity index (χ2v) is 19.4. The first-order chi connectivity index (χ1) is 36.4. The molecule has 0 aliphatic rings. The lowest BCUT2D eigenvalue weighted by atomic mass is 10.0. The van der Waals surface area contributed by atoms with Gasteiger partial charge < -0.3 is 17.2 Å². The number of hydrogen-bond donors (Lipinski definition) is 3. The van der Waals surface area contributed by atoms with Crippen molar-refractivity contribution in [2.45, 2.75) is 27.7 Å². The van der Waals surface area contributed by atoms with Crippen molar-refractivity contribution in [1.82, 2.24) is 9.97 Å². The summed E-state index contributed by atoms with van der Waals surface area (Å²) >= 11 is 7.94. The lowest BCUT2D eigenvalue weighted by Gasteiger charge is -2.02. The zero-order chi connectivity index (χ0) is 53.1. The number of benzene rings is 8. The van der Waals surface area contributed by atoms with Gasteiger partial charge in [-0.05, 0) is 65.3 Å². The van der Waals surface area contributed by atoms with Gasteiger partial charge in [0.2, 0.25) is 5.96 Å². The van der Waals surface area contributed by atoms with Gasteiger partial charge in [-0.15, -0.1) is 27.8 Å². The minimum Gasteiger partial charge on any atom is -0.389 e. The molecule has 0 unspecified atom stereocenters. The van der Waals surface area contributed by atoms with Crippen molar-refractivity contribution in [3.8, 4) is 65.6 Å². The van der Waals surface area contributed by atoms with E-state index in [9.17, 15) is 9.59 Å². The molecule has 372 valence electrons. The summed E-state index contributed by atoms with van der Waals surface area (Å²) in [5.74, 6) is 0.0235. The number of guanidine groups is 1. The van der Waals surface area contributed by atoms with Crippen molar-refractivity contribution < 1.29 is 9.59 Å². The van der Waals surface area contributed by atoms with Crippen molar-refractivity contribution in [2.24, 2.45) is 27.4 Å². The van der Waals surface area contributed by atoms with Gasteiger partial charge in [0, 0.05) is 29.2 Å². The Morgan fingerprint density at radius 3 is 1.07 bits per heavy atom. The smallest absolute Gasteiger partial charge is 0.211 e. The van der Waals surface area contributed by atoms with Gasteiger partial charge in [-0.25, -0.2) is 9.97 Å². The highest BCUT2D eigenvalue weighted by Crippen LogP contribution is 2.32. The Bertz CT molecular complexity index is 3500. The minimum absolute atomic E-state index is 0.0572. The van der Waals surface area contributed by atoms with Crippen LogP contribution in [0.5, 0.6) is 0 Å². The number of rotatable bonds is 11. The fraction of sp³-hybridized carbons (Fsp3) is 0.0635. The molecule has 6 N–H and O–H groups in total. The third kappa shape index (κ3) is 15.4. The maximum Gasteiger partial charge on any atom is 0.211 e. The average Bonchev–Trinajstić information content (AvgIpc) is 4.06. The van der Waals surface area contributed by atoms with Gasteiger partial charge >= 0.3 is 0 Å². The molecular formula is C63H55N7O2S3. The van der Waals surface area contributed by atoms with Gasteiger partial charge in [0.1, 0.15) is 21.3 Å². The van der Waals surface area contributed by atoms with E-state index in [-0.39, 0.29) is 11.7 Å². The summed E-state index contributed by atoms with van der Waals surface area (Å²) in [6, 6.07) is 73.1. The van der Waals surface area contributed by atoms with E-state index in [0.29, 0.717) is 10.6 Å². The van der Waals surface area contributed by atoms with Crippen molar-refractivity contribution in [1.29, 1.82) is 0 Å². The van der Waals surface area contributed by atoms with Crippen molar-refractivity contribution in [3.05, 3.63) is 251 Å². The summed E-state index contributed by atoms with van der Waals surface area (Å²) in [5, 5.41) is 9.60. The number of ketones is 1. The van der Waals surface area contributed by atoms with Gasteiger partial charge in [0.15, 0.2) is 5.78 Å². The Labute approximate surface area is 451 Å². The number of aldehydes is 1. The molecule has 10 rings (SSSR count). The molecule has 2 aromatic heterocycles. The molecule has 0 amide bonds. The number of carbonyl (C=O) groups excluding carboxylic acids is 2. The van der Waals surface area contributed by atoms with Gasteiger partial charge in [0.25, 0.3) is 0 Å². The second-order valence-electron chi connectivity index (χ2n) is 16.9. The Morgan fingerprint density at radius 2 is 0.747 bits per heavy atom. The minimum atomic E-state index is -0.0572. The second kappa shape index (κ2) is 26.8. The van der Waals surface area contributed by atoms with Gasteiger partial charge in [0.05, 0.1) is 26.9 Å². The summed E-state index contributed by atoms with van der Waals surface area (Å²) in [6.45, 7) is 7.30. The van der Waals surface area contributed by atoms with Gasteiger partial charge in [-0.1, -0.05) is 231 Å². The molecule has 9 nitrogen and oxygen atoms in total. The summed E-state index contributed by atoms with van der Waals surface area (Å²) < 4.78 is 0. The summed E-state index contributed by atoms with van der Waals surface area (Å²) in [4.78, 5) is 33.3. The summed E-state index contributed by atoms with van der Waals surface area (Å²) in [7, 11) is 0. The van der Waals surface area contributed by atoms with E-state index in [2.05, 4.69) is 117 Å². The van der Waals surface area contributed by atoms with Crippen LogP contribution in [0.4, 0.5) is 0 Å². The van der Waals surface area contributed by atoms with Crippen LogP contribution in [0.1, 0.15) is 55.7 Å². The largest absolute Gasteiger partial charge is 0.389 e. The summed E-state index contributed by atoms with van der Waals surface area (Å²) in [5.41, 5.74) is 31.9. The van der Waals surface area contributed by atoms with E-state index in [1.165, 1.54) is 50.3 Å². The molecule has 0 saturated carbocycles. The molecule has 0 fully saturated rings. The molecule has 0 spiro atoms. The highest BCUT2D eigenvalue weighted by Gasteiger charge is 2.14. The Morgan fingerprint density at radius 1 is 0.440 bits per heavy atom. The van der Waals surface area contributed by atoms with Crippen LogP contribution in [0.2, 0.25) is 0 Å². The number of thiocarbonyl (C=S) groups is 1. The van der Waals surface area contributed by atoms with Crippen molar-refractivity contribution in [2.75, 3.05) is 0 Å². The molecular weight excluding hydrogens is 983 g/mol. The Kier molecular flexibility index (Phi) is 19.3. The van der Waals surface area contributed by atoms with Crippen LogP contribution < -0.4 is 17.2 Å². The third-order valence-corrected chi connectivity index (χ3v) is 14.3. The molecule has 10 aromatic rings. The molecule has 75 heavy (non-hydrogen) atoms. The molecule has 2 heterocycles. The average molecular weight is 1040 g/mol. The van der Waals surface area contributed by atoms with E-state index >= 15 is 0 Å². The SMILES string of the molecule is C/C(=N\N=C(N)N)c1sc(-c2ccc(-c3ccccc3)cc2)nc1C.CC(=O)c1sc(-c2ccc(-c3ccccc3)cc2)nc1C.NC(=S)c1ccc(-c2ccccc2)cc1.O=Cc1ccc(-c2ccccc2)cc1. The monoisotopic (exact) mass is 1040 g/mol. The predicted molar refractivity (Wildman–Crippen MR) is 319 cm³/mol. The first kappa shape index (κ1) is 54.0. The molecule has 0 saturated heterocycles. The Hall–Kier alpha value is -8.81. The number of nitrogens with two attached hydrogens (primary N) is 3. The number of nitrogens with zero attached hydrogens (tertiary/aromatic N) is 4. The Balaban J connectivity index is 0.000000150. The molecule has 12 heteroatoms. The standard InChI is InChI=1S/C19H19N5S.C18H15NOS.C13H11NS.C13H10O/c1-12-17(13(2)23-24-19(20)21)25-18(22-12)16-10-8-15(9-11-16)14-6-4-3-5-7-14;1-12-17(13(2)20)21-18(19-12)16-10-8-15(9-11-16)14-6-4-3-5-7-14;14-13(15)12-8-6-11(7-9-12)10-4-2-1-3-5-10;14-10-11-6-8-13(9-7-11)12-4-2-1-3-5-12/h3-11H,1-2H3,(H4,20,21,24);3-11H,1-2H3;1-9H,(H2,14,15);1-10H/b23-13+;;;. The molecule has 8 aromatic carbocycles. The van der Waals surface area contributed by atoms with Crippen LogP contribution in [0.15, 0.2) is 229 Å². The first-order valence-electron chi connectivity index (χ1n) is 23.8. The number of carbonyl (C=O) groups is 2. The maximum absolute atomic E-state index is 11.5. The van der Waals surface area contributed by atoms with E-state index in [1.807, 2.05) is 142 Å². The molecule has 0 atom stereocenters. The fourth-order valence-electron chi connectivity index (χ4n) is 7.59. The highest BCUT2D eigenvalue weighted by molar-refractivity contribution is 7.80. The lowest BCUT2D eigenvalue weighted by molar-refractivity contribution is 0.102. The third-order valence-electron chi connectivity index (χ3n) is 11.5. The number of Topliss-reactive ketones (excluding diaryl/α,β-unsaturated/α-hetero) is 1. The van der Waals surface area contributed by atoms with Crippen molar-refractivity contribution in [3.63, 3.8) is 0 Å². The topological polar surface area (TPSA) is 163 Å².